The summed E-state index contributed by atoms with van der Waals surface area (Å²) in [4.78, 5) is 20.3. The molecule has 0 saturated carbocycles. The Balaban J connectivity index is 0.00000450. The normalized spacial score (nSPS) is 17.4. The van der Waals surface area contributed by atoms with Crippen LogP contribution in [0.2, 0.25) is 0 Å². The Labute approximate surface area is 198 Å². The van der Waals surface area contributed by atoms with Crippen LogP contribution in [0.15, 0.2) is 35.3 Å². The molecule has 1 aliphatic rings. The van der Waals surface area contributed by atoms with Gasteiger partial charge in [-0.05, 0) is 32.4 Å². The number of rotatable bonds is 10. The first-order chi connectivity index (χ1) is 14.0. The second-order valence-electron chi connectivity index (χ2n) is 8.03. The molecule has 1 aromatic carbocycles. The summed E-state index contributed by atoms with van der Waals surface area (Å²) in [6.07, 6.45) is 2.05. The lowest BCUT2D eigenvalue weighted by atomic mass is 10.1. The highest BCUT2D eigenvalue weighted by Gasteiger charge is 2.16. The molecule has 8 heteroatoms. The first kappa shape index (κ1) is 26.6. The fourth-order valence-electron chi connectivity index (χ4n) is 3.09. The van der Waals surface area contributed by atoms with Crippen molar-refractivity contribution in [3.05, 3.63) is 35.9 Å². The summed E-state index contributed by atoms with van der Waals surface area (Å²) in [5.74, 6) is 1.19. The molecule has 1 aromatic rings. The van der Waals surface area contributed by atoms with Crippen LogP contribution in [-0.2, 0) is 16.1 Å². The summed E-state index contributed by atoms with van der Waals surface area (Å²) in [6, 6.07) is 10.9. The highest BCUT2D eigenvalue weighted by Crippen LogP contribution is 2.10. The quantitative estimate of drug-likeness (QED) is 0.275. The van der Waals surface area contributed by atoms with Crippen molar-refractivity contribution in [2.24, 2.45) is 10.9 Å². The Morgan fingerprint density at radius 2 is 1.97 bits per heavy atom. The fourth-order valence-corrected chi connectivity index (χ4v) is 3.09. The Hall–Kier alpha value is -1.39. The van der Waals surface area contributed by atoms with E-state index >= 15 is 0 Å². The van der Waals surface area contributed by atoms with Crippen molar-refractivity contribution in [2.45, 2.75) is 32.4 Å². The molecule has 2 unspecified atom stereocenters. The fraction of sp³-hybridized carbons (Fsp3) is 0.636. The summed E-state index contributed by atoms with van der Waals surface area (Å²) >= 11 is 0. The molecule has 7 nitrogen and oxygen atoms in total. The minimum atomic E-state index is -0.00809. The van der Waals surface area contributed by atoms with Crippen LogP contribution in [0, 0.1) is 5.92 Å². The third-order valence-corrected chi connectivity index (χ3v) is 5.34. The summed E-state index contributed by atoms with van der Waals surface area (Å²) in [5.41, 5.74) is 1.32. The SMILES string of the molecule is CC(CCNC(=NCC(=O)N(C)C)NCC1CCOC1)N(C)Cc1ccccc1.I. The van der Waals surface area contributed by atoms with Gasteiger partial charge in [-0.1, -0.05) is 30.3 Å². The van der Waals surface area contributed by atoms with Gasteiger partial charge in [-0.25, -0.2) is 4.99 Å². The van der Waals surface area contributed by atoms with E-state index in [-0.39, 0.29) is 36.4 Å². The van der Waals surface area contributed by atoms with Crippen molar-refractivity contribution < 1.29 is 9.53 Å². The summed E-state index contributed by atoms with van der Waals surface area (Å²) < 4.78 is 5.44. The van der Waals surface area contributed by atoms with Crippen LogP contribution >= 0.6 is 24.0 Å². The number of nitrogens with one attached hydrogen (secondary N) is 2. The number of carbonyl (C=O) groups is 1. The number of nitrogens with zero attached hydrogens (tertiary/aromatic N) is 3. The van der Waals surface area contributed by atoms with Gasteiger partial charge in [-0.3, -0.25) is 9.69 Å². The molecule has 1 aliphatic heterocycles. The van der Waals surface area contributed by atoms with Crippen LogP contribution in [0.3, 0.4) is 0 Å². The van der Waals surface area contributed by atoms with Crippen LogP contribution < -0.4 is 10.6 Å². The number of amides is 1. The highest BCUT2D eigenvalue weighted by atomic mass is 127. The van der Waals surface area contributed by atoms with Gasteiger partial charge < -0.3 is 20.3 Å². The first-order valence-corrected chi connectivity index (χ1v) is 10.5. The van der Waals surface area contributed by atoms with E-state index < -0.39 is 0 Å². The number of carbonyl (C=O) groups excluding carboxylic acids is 1. The maximum atomic E-state index is 11.9. The van der Waals surface area contributed by atoms with E-state index in [0.717, 1.165) is 45.7 Å². The van der Waals surface area contributed by atoms with Crippen LogP contribution in [-0.4, -0.2) is 81.7 Å². The minimum Gasteiger partial charge on any atom is -0.381 e. The molecule has 1 amide bonds. The van der Waals surface area contributed by atoms with E-state index in [1.807, 2.05) is 6.07 Å². The first-order valence-electron chi connectivity index (χ1n) is 10.5. The average molecular weight is 531 g/mol. The van der Waals surface area contributed by atoms with Gasteiger partial charge in [-0.2, -0.15) is 0 Å². The van der Waals surface area contributed by atoms with Crippen molar-refractivity contribution >= 4 is 35.8 Å². The number of hydrogen-bond acceptors (Lipinski definition) is 4. The number of ether oxygens (including phenoxy) is 1. The third kappa shape index (κ3) is 10.1. The van der Waals surface area contributed by atoms with E-state index in [0.29, 0.717) is 17.9 Å². The van der Waals surface area contributed by atoms with Crippen molar-refractivity contribution in [1.82, 2.24) is 20.4 Å². The molecule has 0 spiro atoms. The van der Waals surface area contributed by atoms with E-state index in [4.69, 9.17) is 4.74 Å². The maximum absolute atomic E-state index is 11.9. The largest absolute Gasteiger partial charge is 0.381 e. The Morgan fingerprint density at radius 1 is 1.23 bits per heavy atom. The maximum Gasteiger partial charge on any atom is 0.243 e. The second kappa shape index (κ2) is 14.6. The molecule has 0 radical (unpaired) electrons. The molecule has 2 N–H and O–H groups in total. The third-order valence-electron chi connectivity index (χ3n) is 5.34. The van der Waals surface area contributed by atoms with Crippen molar-refractivity contribution in [1.29, 1.82) is 0 Å². The zero-order valence-electron chi connectivity index (χ0n) is 18.8. The number of halogens is 1. The lowest BCUT2D eigenvalue weighted by Gasteiger charge is -2.25. The molecule has 1 heterocycles. The highest BCUT2D eigenvalue weighted by molar-refractivity contribution is 14.0. The topological polar surface area (TPSA) is 69.2 Å². The average Bonchev–Trinajstić information content (AvgIpc) is 3.23. The molecule has 1 fully saturated rings. The summed E-state index contributed by atoms with van der Waals surface area (Å²) in [6.45, 7) is 6.54. The van der Waals surface area contributed by atoms with Gasteiger partial charge in [0, 0.05) is 52.3 Å². The monoisotopic (exact) mass is 531 g/mol. The van der Waals surface area contributed by atoms with Crippen molar-refractivity contribution in [3.63, 3.8) is 0 Å². The summed E-state index contributed by atoms with van der Waals surface area (Å²) in [5, 5.41) is 6.76. The number of likely N-dealkylation sites (N-methyl/N-ethyl adjacent to an activating group) is 1. The molecule has 2 atom stereocenters. The summed E-state index contributed by atoms with van der Waals surface area (Å²) in [7, 11) is 5.65. The molecule has 30 heavy (non-hydrogen) atoms. The lowest BCUT2D eigenvalue weighted by molar-refractivity contribution is -0.127. The van der Waals surface area contributed by atoms with E-state index in [1.54, 1.807) is 19.0 Å². The standard InChI is InChI=1S/C22H37N5O2.HI/c1-18(27(4)16-19-8-6-5-7-9-19)10-12-23-22(25-15-21(28)26(2)3)24-14-20-11-13-29-17-20;/h5-9,18,20H,10-17H2,1-4H3,(H2,23,24,25);1H. The zero-order valence-corrected chi connectivity index (χ0v) is 21.1. The van der Waals surface area contributed by atoms with Gasteiger partial charge in [0.2, 0.25) is 5.91 Å². The predicted molar refractivity (Wildman–Crippen MR) is 133 cm³/mol. The minimum absolute atomic E-state index is 0. The Morgan fingerprint density at radius 3 is 2.60 bits per heavy atom. The molecule has 170 valence electrons. The molecule has 0 aliphatic carbocycles. The van der Waals surface area contributed by atoms with Crippen molar-refractivity contribution in [2.75, 3.05) is 54.0 Å². The predicted octanol–water partition coefficient (Wildman–Crippen LogP) is 2.17. The van der Waals surface area contributed by atoms with Crippen LogP contribution in [0.4, 0.5) is 0 Å². The number of benzene rings is 1. The molecule has 1 saturated heterocycles. The van der Waals surface area contributed by atoms with Gasteiger partial charge in [0.15, 0.2) is 5.96 Å². The van der Waals surface area contributed by atoms with E-state index in [9.17, 15) is 4.79 Å². The van der Waals surface area contributed by atoms with Gasteiger partial charge in [0.05, 0.1) is 6.61 Å². The smallest absolute Gasteiger partial charge is 0.243 e. The van der Waals surface area contributed by atoms with Crippen LogP contribution in [0.1, 0.15) is 25.3 Å². The molecular weight excluding hydrogens is 493 g/mol. The Bertz CT molecular complexity index is 636. The van der Waals surface area contributed by atoms with Crippen LogP contribution in [0.25, 0.3) is 0 Å². The second-order valence-corrected chi connectivity index (χ2v) is 8.03. The van der Waals surface area contributed by atoms with Gasteiger partial charge in [0.25, 0.3) is 0 Å². The van der Waals surface area contributed by atoms with Crippen molar-refractivity contribution in [3.8, 4) is 0 Å². The van der Waals surface area contributed by atoms with E-state index in [2.05, 4.69) is 58.8 Å². The zero-order chi connectivity index (χ0) is 21.1. The molecular formula is C22H38IN5O2. The molecule has 0 aromatic heterocycles. The van der Waals surface area contributed by atoms with Gasteiger partial charge >= 0.3 is 0 Å². The van der Waals surface area contributed by atoms with Crippen LogP contribution in [0.5, 0.6) is 0 Å². The number of hydrogen-bond donors (Lipinski definition) is 2. The Kier molecular flexibility index (Phi) is 13.0. The number of guanidine groups is 1. The number of aliphatic imine (C=N–C) groups is 1. The van der Waals surface area contributed by atoms with E-state index in [1.165, 1.54) is 5.56 Å². The van der Waals surface area contributed by atoms with Gasteiger partial charge in [-0.15, -0.1) is 24.0 Å². The van der Waals surface area contributed by atoms with Gasteiger partial charge in [0.1, 0.15) is 6.54 Å². The molecule has 0 bridgehead atoms. The molecule has 2 rings (SSSR count). The lowest BCUT2D eigenvalue weighted by Crippen LogP contribution is -2.42.